The Morgan fingerprint density at radius 1 is 1.67 bits per heavy atom. The Balaban J connectivity index is 2.61. The minimum atomic E-state index is 0.881. The monoisotopic (exact) mass is 224 g/mol. The van der Waals surface area contributed by atoms with Gasteiger partial charge in [-0.1, -0.05) is 27.5 Å². The number of aryl methyl sites for hydroxylation is 1. The van der Waals surface area contributed by atoms with E-state index in [1.165, 1.54) is 5.56 Å². The van der Waals surface area contributed by atoms with Crippen molar-refractivity contribution in [2.45, 2.75) is 6.42 Å². The fourth-order valence-electron chi connectivity index (χ4n) is 0.586. The normalized spacial score (nSPS) is 10.0. The van der Waals surface area contributed by atoms with Gasteiger partial charge in [-0.3, -0.25) is 0 Å². The summed E-state index contributed by atoms with van der Waals surface area (Å²) in [6.45, 7) is 0. The minimum absolute atomic E-state index is 0.881. The Morgan fingerprint density at radius 2 is 2.44 bits per heavy atom. The molecule has 1 rings (SSSR count). The van der Waals surface area contributed by atoms with E-state index >= 15 is 0 Å². The maximum atomic E-state index is 5.70. The fourth-order valence-corrected chi connectivity index (χ4v) is 1.99. The molecule has 1 aromatic rings. The highest BCUT2D eigenvalue weighted by Gasteiger charge is 1.94. The van der Waals surface area contributed by atoms with Crippen molar-refractivity contribution in [1.29, 1.82) is 0 Å². The molecule has 0 fully saturated rings. The van der Waals surface area contributed by atoms with Crippen LogP contribution in [0, 0.1) is 0 Å². The first-order chi connectivity index (χ1) is 4.33. The lowest BCUT2D eigenvalue weighted by Crippen LogP contribution is -1.78. The van der Waals surface area contributed by atoms with E-state index in [0.717, 1.165) is 16.1 Å². The van der Waals surface area contributed by atoms with Crippen molar-refractivity contribution in [1.82, 2.24) is 0 Å². The number of alkyl halides is 1. The van der Waals surface area contributed by atoms with Gasteiger partial charge in [0.2, 0.25) is 0 Å². The molecule has 0 N–H and O–H groups in total. The molecule has 0 bridgehead atoms. The number of rotatable bonds is 2. The molecule has 0 amide bonds. The molecule has 1 heterocycles. The number of hydrogen-bond acceptors (Lipinski definition) is 1. The molecule has 0 aliphatic rings. The van der Waals surface area contributed by atoms with Crippen molar-refractivity contribution in [3.05, 3.63) is 21.3 Å². The van der Waals surface area contributed by atoms with E-state index in [0.29, 0.717) is 0 Å². The quantitative estimate of drug-likeness (QED) is 0.677. The first-order valence-electron chi connectivity index (χ1n) is 2.62. The highest BCUT2D eigenvalue weighted by molar-refractivity contribution is 9.09. The first kappa shape index (κ1) is 7.58. The van der Waals surface area contributed by atoms with Crippen LogP contribution in [0.4, 0.5) is 0 Å². The fraction of sp³-hybridized carbons (Fsp3) is 0.333. The zero-order valence-corrected chi connectivity index (χ0v) is 7.89. The Kier molecular flexibility index (Phi) is 3.02. The highest BCUT2D eigenvalue weighted by Crippen LogP contribution is 2.20. The van der Waals surface area contributed by atoms with Crippen molar-refractivity contribution in [2.24, 2.45) is 0 Å². The van der Waals surface area contributed by atoms with Gasteiger partial charge in [0.1, 0.15) is 0 Å². The van der Waals surface area contributed by atoms with E-state index in [1.54, 1.807) is 11.3 Å². The molecule has 0 saturated carbocycles. The molecule has 3 heteroatoms. The first-order valence-corrected chi connectivity index (χ1v) is 4.99. The van der Waals surface area contributed by atoms with Crippen LogP contribution in [0.5, 0.6) is 0 Å². The van der Waals surface area contributed by atoms with Gasteiger partial charge in [0.05, 0.1) is 4.34 Å². The molecule has 0 unspecified atom stereocenters. The van der Waals surface area contributed by atoms with E-state index in [4.69, 9.17) is 11.6 Å². The number of hydrogen-bond donors (Lipinski definition) is 0. The van der Waals surface area contributed by atoms with Crippen LogP contribution in [0.1, 0.15) is 5.56 Å². The highest BCUT2D eigenvalue weighted by atomic mass is 79.9. The van der Waals surface area contributed by atoms with Crippen LogP contribution in [-0.2, 0) is 6.42 Å². The van der Waals surface area contributed by atoms with Crippen molar-refractivity contribution < 1.29 is 0 Å². The Bertz CT molecular complexity index is 185. The maximum Gasteiger partial charge on any atom is 0.0931 e. The Hall–Kier alpha value is 0.470. The minimum Gasteiger partial charge on any atom is -0.132 e. The molecule has 1 aromatic heterocycles. The molecular weight excluding hydrogens is 219 g/mol. The predicted molar refractivity (Wildman–Crippen MR) is 46.8 cm³/mol. The van der Waals surface area contributed by atoms with Crippen molar-refractivity contribution in [3.63, 3.8) is 0 Å². The van der Waals surface area contributed by atoms with Gasteiger partial charge >= 0.3 is 0 Å². The summed E-state index contributed by atoms with van der Waals surface area (Å²) in [5.41, 5.74) is 1.32. The molecule has 9 heavy (non-hydrogen) atoms. The average Bonchev–Trinajstić information content (AvgIpc) is 2.17. The van der Waals surface area contributed by atoms with E-state index < -0.39 is 0 Å². The van der Waals surface area contributed by atoms with Crippen LogP contribution in [0.2, 0.25) is 4.34 Å². The summed E-state index contributed by atoms with van der Waals surface area (Å²) in [6.07, 6.45) is 1.07. The van der Waals surface area contributed by atoms with Gasteiger partial charge in [-0.25, -0.2) is 0 Å². The summed E-state index contributed by atoms with van der Waals surface area (Å²) < 4.78 is 0.881. The number of halogens is 2. The second-order valence-corrected chi connectivity index (χ2v) is 4.03. The van der Waals surface area contributed by atoms with Crippen molar-refractivity contribution in [2.75, 3.05) is 5.33 Å². The van der Waals surface area contributed by atoms with E-state index in [9.17, 15) is 0 Å². The lowest BCUT2D eigenvalue weighted by atomic mass is 10.3. The SMILES string of the molecule is Clc1cc(CCBr)cs1. The van der Waals surface area contributed by atoms with Crippen LogP contribution in [0.25, 0.3) is 0 Å². The molecular formula is C6H6BrClS. The van der Waals surface area contributed by atoms with Crippen LogP contribution in [-0.4, -0.2) is 5.33 Å². The van der Waals surface area contributed by atoms with Crippen molar-refractivity contribution >= 4 is 38.9 Å². The third kappa shape index (κ3) is 2.28. The number of thiophene rings is 1. The Labute approximate surface area is 72.0 Å². The topological polar surface area (TPSA) is 0 Å². The summed E-state index contributed by atoms with van der Waals surface area (Å²) in [5, 5.41) is 3.10. The molecule has 0 aliphatic heterocycles. The molecule has 0 spiro atoms. The Morgan fingerprint density at radius 3 is 2.89 bits per heavy atom. The van der Waals surface area contributed by atoms with Crippen LogP contribution >= 0.6 is 38.9 Å². The predicted octanol–water partition coefficient (Wildman–Crippen LogP) is 3.34. The lowest BCUT2D eigenvalue weighted by Gasteiger charge is -1.85. The zero-order chi connectivity index (χ0) is 6.69. The standard InChI is InChI=1S/C6H6BrClS/c7-2-1-5-3-6(8)9-4-5/h3-4H,1-2H2. The van der Waals surface area contributed by atoms with Gasteiger partial charge in [-0.15, -0.1) is 11.3 Å². The van der Waals surface area contributed by atoms with Gasteiger partial charge < -0.3 is 0 Å². The largest absolute Gasteiger partial charge is 0.132 e. The zero-order valence-electron chi connectivity index (χ0n) is 4.73. The second kappa shape index (κ2) is 3.59. The van der Waals surface area contributed by atoms with Crippen LogP contribution in [0.15, 0.2) is 11.4 Å². The van der Waals surface area contributed by atoms with Crippen LogP contribution < -0.4 is 0 Å². The summed E-state index contributed by atoms with van der Waals surface area (Å²) in [4.78, 5) is 0. The second-order valence-electron chi connectivity index (χ2n) is 1.70. The van der Waals surface area contributed by atoms with Gasteiger partial charge in [-0.2, -0.15) is 0 Å². The summed E-state index contributed by atoms with van der Waals surface area (Å²) >= 11 is 10.6. The van der Waals surface area contributed by atoms with Gasteiger partial charge in [0.25, 0.3) is 0 Å². The summed E-state index contributed by atoms with van der Waals surface area (Å²) in [5.74, 6) is 0. The summed E-state index contributed by atoms with van der Waals surface area (Å²) in [6, 6.07) is 2.01. The molecule has 0 aromatic carbocycles. The molecule has 50 valence electrons. The molecule has 0 atom stereocenters. The molecule has 0 aliphatic carbocycles. The third-order valence-corrected chi connectivity index (χ3v) is 2.54. The van der Waals surface area contributed by atoms with Gasteiger partial charge in [0, 0.05) is 5.33 Å². The lowest BCUT2D eigenvalue weighted by molar-refractivity contribution is 1.19. The van der Waals surface area contributed by atoms with Crippen molar-refractivity contribution in [3.8, 4) is 0 Å². The van der Waals surface area contributed by atoms with E-state index in [1.807, 2.05) is 6.07 Å². The van der Waals surface area contributed by atoms with E-state index in [-0.39, 0.29) is 0 Å². The molecule has 0 radical (unpaired) electrons. The summed E-state index contributed by atoms with van der Waals surface area (Å²) in [7, 11) is 0. The van der Waals surface area contributed by atoms with Crippen LogP contribution in [0.3, 0.4) is 0 Å². The average molecular weight is 226 g/mol. The van der Waals surface area contributed by atoms with E-state index in [2.05, 4.69) is 21.3 Å². The van der Waals surface area contributed by atoms with Gasteiger partial charge in [-0.05, 0) is 23.4 Å². The van der Waals surface area contributed by atoms with Gasteiger partial charge in [0.15, 0.2) is 0 Å². The third-order valence-electron chi connectivity index (χ3n) is 1.00. The molecule has 0 nitrogen and oxygen atoms in total. The molecule has 0 saturated heterocycles. The maximum absolute atomic E-state index is 5.70. The smallest absolute Gasteiger partial charge is 0.0931 e.